The maximum atomic E-state index is 11.5. The average molecular weight is 350 g/mol. The van der Waals surface area contributed by atoms with E-state index in [1.807, 2.05) is 24.3 Å². The number of aliphatic carboxylic acids is 1. The minimum absolute atomic E-state index is 0.167. The summed E-state index contributed by atoms with van der Waals surface area (Å²) in [5, 5.41) is 17.5. The summed E-state index contributed by atoms with van der Waals surface area (Å²) in [6.45, 7) is 7.74. The third-order valence-corrected chi connectivity index (χ3v) is 3.78. The zero-order valence-corrected chi connectivity index (χ0v) is 16.3. The standard InChI is InChI=1S/C18H26O3.C3H8O/c1-4-6-7-14(5-2)12-16(18(19)20)13-15-8-10-17(21-3)11-9-15;1-3(2)4/h8-11,13-14H,4-7,12H2,1-3H3,(H,19,20);3-4H,1-2H3. The lowest BCUT2D eigenvalue weighted by Crippen LogP contribution is -2.08. The quantitative estimate of drug-likeness (QED) is 0.604. The Morgan fingerprint density at radius 3 is 2.16 bits per heavy atom. The summed E-state index contributed by atoms with van der Waals surface area (Å²) in [6.07, 6.45) is 6.68. The van der Waals surface area contributed by atoms with Crippen molar-refractivity contribution < 1.29 is 19.7 Å². The van der Waals surface area contributed by atoms with E-state index >= 15 is 0 Å². The number of hydrogen-bond donors (Lipinski definition) is 2. The fourth-order valence-corrected chi connectivity index (χ4v) is 2.36. The fourth-order valence-electron chi connectivity index (χ4n) is 2.36. The third-order valence-electron chi connectivity index (χ3n) is 3.78. The van der Waals surface area contributed by atoms with Gasteiger partial charge >= 0.3 is 5.97 Å². The van der Waals surface area contributed by atoms with E-state index < -0.39 is 5.97 Å². The van der Waals surface area contributed by atoms with Crippen molar-refractivity contribution >= 4 is 12.0 Å². The van der Waals surface area contributed by atoms with Gasteiger partial charge in [-0.3, -0.25) is 0 Å². The molecule has 0 radical (unpaired) electrons. The van der Waals surface area contributed by atoms with E-state index in [2.05, 4.69) is 13.8 Å². The van der Waals surface area contributed by atoms with Crippen LogP contribution in [0.3, 0.4) is 0 Å². The molecule has 4 nitrogen and oxygen atoms in total. The molecule has 0 spiro atoms. The van der Waals surface area contributed by atoms with E-state index in [4.69, 9.17) is 9.84 Å². The van der Waals surface area contributed by atoms with Crippen LogP contribution in [0.2, 0.25) is 0 Å². The Labute approximate surface area is 152 Å². The van der Waals surface area contributed by atoms with Crippen molar-refractivity contribution in [2.75, 3.05) is 7.11 Å². The lowest BCUT2D eigenvalue weighted by Gasteiger charge is -2.14. The van der Waals surface area contributed by atoms with Crippen molar-refractivity contribution in [1.29, 1.82) is 0 Å². The average Bonchev–Trinajstić information content (AvgIpc) is 2.57. The van der Waals surface area contributed by atoms with Gasteiger partial charge in [0.05, 0.1) is 7.11 Å². The predicted molar refractivity (Wildman–Crippen MR) is 104 cm³/mol. The maximum Gasteiger partial charge on any atom is 0.331 e. The molecule has 1 aromatic rings. The normalized spacial score (nSPS) is 12.4. The Morgan fingerprint density at radius 1 is 1.20 bits per heavy atom. The third kappa shape index (κ3) is 11.4. The van der Waals surface area contributed by atoms with Crippen LogP contribution in [0, 0.1) is 5.92 Å². The van der Waals surface area contributed by atoms with Crippen LogP contribution in [0.15, 0.2) is 29.8 Å². The summed E-state index contributed by atoms with van der Waals surface area (Å²) in [7, 11) is 1.62. The molecule has 0 bridgehead atoms. The van der Waals surface area contributed by atoms with E-state index in [9.17, 15) is 9.90 Å². The number of carbonyl (C=O) groups is 1. The van der Waals surface area contributed by atoms with Crippen molar-refractivity contribution in [2.45, 2.75) is 65.9 Å². The summed E-state index contributed by atoms with van der Waals surface area (Å²) in [4.78, 5) is 11.5. The maximum absolute atomic E-state index is 11.5. The second-order valence-electron chi connectivity index (χ2n) is 6.46. The lowest BCUT2D eigenvalue weighted by atomic mass is 9.91. The number of ether oxygens (including phenoxy) is 1. The summed E-state index contributed by atoms with van der Waals surface area (Å²) < 4.78 is 5.11. The van der Waals surface area contributed by atoms with Gasteiger partial charge in [-0.2, -0.15) is 0 Å². The lowest BCUT2D eigenvalue weighted by molar-refractivity contribution is -0.132. The number of rotatable bonds is 9. The number of methoxy groups -OCH3 is 1. The molecule has 4 heteroatoms. The Kier molecular flexibility index (Phi) is 12.5. The Hall–Kier alpha value is -1.81. The molecule has 0 saturated heterocycles. The first-order valence-corrected chi connectivity index (χ1v) is 9.09. The summed E-state index contributed by atoms with van der Waals surface area (Å²) in [6, 6.07) is 7.46. The smallest absolute Gasteiger partial charge is 0.331 e. The van der Waals surface area contributed by atoms with E-state index in [1.54, 1.807) is 27.0 Å². The van der Waals surface area contributed by atoms with Gasteiger partial charge in [0.2, 0.25) is 0 Å². The van der Waals surface area contributed by atoms with Crippen LogP contribution in [-0.4, -0.2) is 29.4 Å². The summed E-state index contributed by atoms with van der Waals surface area (Å²) in [5.41, 5.74) is 1.39. The van der Waals surface area contributed by atoms with Crippen LogP contribution in [0.5, 0.6) is 5.75 Å². The first-order valence-electron chi connectivity index (χ1n) is 9.09. The molecular formula is C21H34O4. The molecule has 0 aliphatic heterocycles. The SMILES string of the molecule is CC(C)O.CCCCC(CC)CC(=Cc1ccc(OC)cc1)C(=O)O. The highest BCUT2D eigenvalue weighted by atomic mass is 16.5. The second kappa shape index (κ2) is 13.5. The first kappa shape index (κ1) is 23.2. The molecule has 0 aliphatic rings. The van der Waals surface area contributed by atoms with E-state index in [-0.39, 0.29) is 6.10 Å². The molecule has 2 N–H and O–H groups in total. The monoisotopic (exact) mass is 350 g/mol. The molecule has 142 valence electrons. The molecule has 1 atom stereocenters. The molecule has 25 heavy (non-hydrogen) atoms. The summed E-state index contributed by atoms with van der Waals surface area (Å²) in [5.74, 6) is 0.407. The van der Waals surface area contributed by atoms with Crippen molar-refractivity contribution in [3.05, 3.63) is 35.4 Å². The predicted octanol–water partition coefficient (Wildman–Crippen LogP) is 5.16. The zero-order valence-electron chi connectivity index (χ0n) is 16.3. The number of unbranched alkanes of at least 4 members (excludes halogenated alkanes) is 1. The van der Waals surface area contributed by atoms with Gasteiger partial charge in [0.15, 0.2) is 0 Å². The van der Waals surface area contributed by atoms with Crippen LogP contribution in [0.25, 0.3) is 6.08 Å². The van der Waals surface area contributed by atoms with E-state index in [1.165, 1.54) is 0 Å². The molecule has 0 heterocycles. The molecule has 0 fully saturated rings. The zero-order chi connectivity index (χ0) is 19.2. The Morgan fingerprint density at radius 2 is 1.76 bits per heavy atom. The number of hydrogen-bond acceptors (Lipinski definition) is 3. The minimum Gasteiger partial charge on any atom is -0.497 e. The van der Waals surface area contributed by atoms with Crippen LogP contribution >= 0.6 is 0 Å². The highest BCUT2D eigenvalue weighted by Crippen LogP contribution is 2.23. The second-order valence-corrected chi connectivity index (χ2v) is 6.46. The van der Waals surface area contributed by atoms with Crippen LogP contribution < -0.4 is 4.74 Å². The van der Waals surface area contributed by atoms with Gasteiger partial charge < -0.3 is 14.9 Å². The number of aliphatic hydroxyl groups excluding tert-OH is 1. The molecule has 0 aliphatic carbocycles. The van der Waals surface area contributed by atoms with Gasteiger partial charge in [-0.15, -0.1) is 0 Å². The summed E-state index contributed by atoms with van der Waals surface area (Å²) >= 11 is 0. The molecule has 0 saturated carbocycles. The van der Waals surface area contributed by atoms with Gasteiger partial charge in [-0.1, -0.05) is 51.7 Å². The van der Waals surface area contributed by atoms with E-state index in [0.29, 0.717) is 17.9 Å². The molecule has 0 aromatic heterocycles. The van der Waals surface area contributed by atoms with Gasteiger partial charge in [0.25, 0.3) is 0 Å². The molecule has 1 rings (SSSR count). The van der Waals surface area contributed by atoms with Gasteiger partial charge in [-0.25, -0.2) is 4.79 Å². The van der Waals surface area contributed by atoms with Crippen LogP contribution in [-0.2, 0) is 4.79 Å². The van der Waals surface area contributed by atoms with Crippen LogP contribution in [0.1, 0.15) is 65.4 Å². The Bertz CT molecular complexity index is 500. The number of carboxylic acid groups (broad SMARTS) is 1. The number of aliphatic hydroxyl groups is 1. The molecule has 1 aromatic carbocycles. The first-order chi connectivity index (χ1) is 11.8. The topological polar surface area (TPSA) is 66.8 Å². The van der Waals surface area contributed by atoms with E-state index in [0.717, 1.165) is 37.0 Å². The number of carboxylic acids is 1. The van der Waals surface area contributed by atoms with Gasteiger partial charge in [0, 0.05) is 11.7 Å². The highest BCUT2D eigenvalue weighted by molar-refractivity contribution is 5.92. The van der Waals surface area contributed by atoms with Crippen molar-refractivity contribution in [1.82, 2.24) is 0 Å². The molecular weight excluding hydrogens is 316 g/mol. The van der Waals surface area contributed by atoms with Crippen molar-refractivity contribution in [3.63, 3.8) is 0 Å². The largest absolute Gasteiger partial charge is 0.497 e. The van der Waals surface area contributed by atoms with Crippen molar-refractivity contribution in [3.8, 4) is 5.75 Å². The van der Waals surface area contributed by atoms with Crippen molar-refractivity contribution in [2.24, 2.45) is 5.92 Å². The fraction of sp³-hybridized carbons (Fsp3) is 0.571. The Balaban J connectivity index is 0.00000129. The molecule has 1 unspecified atom stereocenters. The van der Waals surface area contributed by atoms with Gasteiger partial charge in [-0.05, 0) is 50.0 Å². The van der Waals surface area contributed by atoms with Crippen LogP contribution in [0.4, 0.5) is 0 Å². The molecule has 0 amide bonds. The van der Waals surface area contributed by atoms with Gasteiger partial charge in [0.1, 0.15) is 5.75 Å². The highest BCUT2D eigenvalue weighted by Gasteiger charge is 2.14. The minimum atomic E-state index is -0.819. The number of benzene rings is 1.